The Morgan fingerprint density at radius 1 is 1.40 bits per heavy atom. The Morgan fingerprint density at radius 3 is 2.95 bits per heavy atom. The SMILES string of the molecule is COc1ccc(CNCCCOCC2CC2)cc1C#N. The zero-order valence-corrected chi connectivity index (χ0v) is 12.0. The molecule has 0 atom stereocenters. The lowest BCUT2D eigenvalue weighted by Gasteiger charge is -2.08. The molecule has 1 fully saturated rings. The molecule has 0 bridgehead atoms. The van der Waals surface area contributed by atoms with Crippen LogP contribution in [-0.4, -0.2) is 26.9 Å². The van der Waals surface area contributed by atoms with Gasteiger partial charge < -0.3 is 14.8 Å². The summed E-state index contributed by atoms with van der Waals surface area (Å²) in [5, 5.41) is 12.4. The van der Waals surface area contributed by atoms with E-state index in [1.54, 1.807) is 7.11 Å². The zero-order chi connectivity index (χ0) is 14.2. The summed E-state index contributed by atoms with van der Waals surface area (Å²) in [6.07, 6.45) is 3.71. The smallest absolute Gasteiger partial charge is 0.136 e. The second kappa shape index (κ2) is 7.88. The molecule has 0 radical (unpaired) electrons. The number of nitrogens with zero attached hydrogens (tertiary/aromatic N) is 1. The van der Waals surface area contributed by atoms with Crippen LogP contribution in [0, 0.1) is 17.2 Å². The van der Waals surface area contributed by atoms with Crippen LogP contribution in [0.2, 0.25) is 0 Å². The minimum absolute atomic E-state index is 0.583. The number of ether oxygens (including phenoxy) is 2. The van der Waals surface area contributed by atoms with E-state index < -0.39 is 0 Å². The molecule has 1 N–H and O–H groups in total. The van der Waals surface area contributed by atoms with Gasteiger partial charge in [-0.25, -0.2) is 0 Å². The Bertz CT molecular complexity index is 464. The molecule has 2 rings (SSSR count). The van der Waals surface area contributed by atoms with Crippen LogP contribution in [0.5, 0.6) is 5.75 Å². The van der Waals surface area contributed by atoms with Crippen molar-refractivity contribution < 1.29 is 9.47 Å². The van der Waals surface area contributed by atoms with Gasteiger partial charge in [0.25, 0.3) is 0 Å². The van der Waals surface area contributed by atoms with E-state index in [2.05, 4.69) is 11.4 Å². The topological polar surface area (TPSA) is 54.3 Å². The average Bonchev–Trinajstić information content (AvgIpc) is 3.30. The molecule has 4 heteroatoms. The van der Waals surface area contributed by atoms with Gasteiger partial charge in [-0.2, -0.15) is 5.26 Å². The van der Waals surface area contributed by atoms with E-state index in [0.717, 1.165) is 44.2 Å². The Labute approximate surface area is 120 Å². The Kier molecular flexibility index (Phi) is 5.85. The molecule has 20 heavy (non-hydrogen) atoms. The van der Waals surface area contributed by atoms with Crippen molar-refractivity contribution >= 4 is 0 Å². The maximum atomic E-state index is 9.03. The van der Waals surface area contributed by atoms with Crippen molar-refractivity contribution in [3.05, 3.63) is 29.3 Å². The first-order valence-corrected chi connectivity index (χ1v) is 7.19. The first-order chi connectivity index (χ1) is 9.83. The van der Waals surface area contributed by atoms with Crippen LogP contribution in [0.25, 0.3) is 0 Å². The first-order valence-electron chi connectivity index (χ1n) is 7.19. The third-order valence-electron chi connectivity index (χ3n) is 3.41. The molecule has 0 amide bonds. The van der Waals surface area contributed by atoms with E-state index in [1.807, 2.05) is 18.2 Å². The minimum Gasteiger partial charge on any atom is -0.495 e. The Morgan fingerprint density at radius 2 is 2.25 bits per heavy atom. The van der Waals surface area contributed by atoms with Gasteiger partial charge in [-0.05, 0) is 49.4 Å². The van der Waals surface area contributed by atoms with E-state index in [0.29, 0.717) is 11.3 Å². The number of benzene rings is 1. The van der Waals surface area contributed by atoms with Crippen LogP contribution in [0.4, 0.5) is 0 Å². The highest BCUT2D eigenvalue weighted by Crippen LogP contribution is 2.28. The Balaban J connectivity index is 1.62. The summed E-state index contributed by atoms with van der Waals surface area (Å²) < 4.78 is 10.7. The molecule has 1 aliphatic carbocycles. The highest BCUT2D eigenvalue weighted by molar-refractivity contribution is 5.45. The molecule has 1 aliphatic rings. The number of nitrogens with one attached hydrogen (secondary N) is 1. The minimum atomic E-state index is 0.583. The molecular formula is C16H22N2O2. The molecule has 0 heterocycles. The number of rotatable bonds is 9. The summed E-state index contributed by atoms with van der Waals surface area (Å²) in [4.78, 5) is 0. The molecule has 1 aromatic carbocycles. The van der Waals surface area contributed by atoms with E-state index in [4.69, 9.17) is 14.7 Å². The molecule has 0 spiro atoms. The molecule has 4 nitrogen and oxygen atoms in total. The maximum Gasteiger partial charge on any atom is 0.136 e. The second-order valence-electron chi connectivity index (χ2n) is 5.20. The van der Waals surface area contributed by atoms with Crippen LogP contribution in [-0.2, 0) is 11.3 Å². The summed E-state index contributed by atoms with van der Waals surface area (Å²) in [7, 11) is 1.58. The van der Waals surface area contributed by atoms with Crippen LogP contribution in [0.3, 0.4) is 0 Å². The quantitative estimate of drug-likeness (QED) is 0.703. The molecule has 0 aromatic heterocycles. The van der Waals surface area contributed by atoms with E-state index in [-0.39, 0.29) is 0 Å². The third-order valence-corrected chi connectivity index (χ3v) is 3.41. The van der Waals surface area contributed by atoms with Gasteiger partial charge in [-0.15, -0.1) is 0 Å². The molecular weight excluding hydrogens is 252 g/mol. The molecule has 1 saturated carbocycles. The predicted molar refractivity (Wildman–Crippen MR) is 77.6 cm³/mol. The van der Waals surface area contributed by atoms with Crippen LogP contribution < -0.4 is 10.1 Å². The molecule has 0 aliphatic heterocycles. The van der Waals surface area contributed by atoms with Crippen LogP contribution in [0.1, 0.15) is 30.4 Å². The highest BCUT2D eigenvalue weighted by Gasteiger charge is 2.20. The van der Waals surface area contributed by atoms with Crippen molar-refractivity contribution in [2.45, 2.75) is 25.8 Å². The average molecular weight is 274 g/mol. The van der Waals surface area contributed by atoms with Crippen molar-refractivity contribution in [2.24, 2.45) is 5.92 Å². The predicted octanol–water partition coefficient (Wildman–Crippen LogP) is 2.47. The normalized spacial score (nSPS) is 14.0. The summed E-state index contributed by atoms with van der Waals surface area (Å²) in [6, 6.07) is 7.84. The second-order valence-corrected chi connectivity index (χ2v) is 5.20. The summed E-state index contributed by atoms with van der Waals surface area (Å²) in [6.45, 7) is 3.46. The van der Waals surface area contributed by atoms with E-state index >= 15 is 0 Å². The van der Waals surface area contributed by atoms with Crippen molar-refractivity contribution in [1.29, 1.82) is 5.26 Å². The molecule has 108 valence electrons. The van der Waals surface area contributed by atoms with Gasteiger partial charge in [0.1, 0.15) is 11.8 Å². The van der Waals surface area contributed by atoms with Crippen molar-refractivity contribution in [3.63, 3.8) is 0 Å². The number of methoxy groups -OCH3 is 1. The summed E-state index contributed by atoms with van der Waals surface area (Å²) >= 11 is 0. The number of nitriles is 1. The summed E-state index contributed by atoms with van der Waals surface area (Å²) in [5.74, 6) is 1.47. The fourth-order valence-electron chi connectivity index (χ4n) is 2.02. The van der Waals surface area contributed by atoms with Crippen molar-refractivity contribution in [1.82, 2.24) is 5.32 Å². The van der Waals surface area contributed by atoms with Gasteiger partial charge in [0, 0.05) is 19.8 Å². The van der Waals surface area contributed by atoms with Crippen molar-refractivity contribution in [2.75, 3.05) is 26.9 Å². The van der Waals surface area contributed by atoms with Crippen molar-refractivity contribution in [3.8, 4) is 11.8 Å². The number of hydrogen-bond acceptors (Lipinski definition) is 4. The van der Waals surface area contributed by atoms with Gasteiger partial charge in [0.05, 0.1) is 12.7 Å². The first kappa shape index (κ1) is 14.8. The fourth-order valence-corrected chi connectivity index (χ4v) is 2.02. The monoisotopic (exact) mass is 274 g/mol. The third kappa shape index (κ3) is 4.84. The summed E-state index contributed by atoms with van der Waals surface area (Å²) in [5.41, 5.74) is 1.68. The highest BCUT2D eigenvalue weighted by atomic mass is 16.5. The lowest BCUT2D eigenvalue weighted by molar-refractivity contribution is 0.122. The van der Waals surface area contributed by atoms with Crippen LogP contribution >= 0.6 is 0 Å². The molecule has 0 unspecified atom stereocenters. The van der Waals surface area contributed by atoms with Gasteiger partial charge in [-0.1, -0.05) is 6.07 Å². The van der Waals surface area contributed by atoms with Gasteiger partial charge in [0.2, 0.25) is 0 Å². The largest absolute Gasteiger partial charge is 0.495 e. The zero-order valence-electron chi connectivity index (χ0n) is 12.0. The van der Waals surface area contributed by atoms with Gasteiger partial charge in [-0.3, -0.25) is 0 Å². The van der Waals surface area contributed by atoms with Crippen LogP contribution in [0.15, 0.2) is 18.2 Å². The number of hydrogen-bond donors (Lipinski definition) is 1. The molecule has 1 aromatic rings. The van der Waals surface area contributed by atoms with E-state index in [9.17, 15) is 0 Å². The molecule has 0 saturated heterocycles. The fraction of sp³-hybridized carbons (Fsp3) is 0.562. The van der Waals surface area contributed by atoms with Gasteiger partial charge in [0.15, 0.2) is 0 Å². The lowest BCUT2D eigenvalue weighted by Crippen LogP contribution is -2.16. The van der Waals surface area contributed by atoms with Gasteiger partial charge >= 0.3 is 0 Å². The standard InChI is InChI=1S/C16H22N2O2/c1-19-16-6-5-14(9-15(16)10-17)11-18-7-2-8-20-12-13-3-4-13/h5-6,9,13,18H,2-4,7-8,11-12H2,1H3. The maximum absolute atomic E-state index is 9.03. The lowest BCUT2D eigenvalue weighted by atomic mass is 10.1. The van der Waals surface area contributed by atoms with E-state index in [1.165, 1.54) is 12.8 Å². The Hall–Kier alpha value is -1.57.